The standard InChI is InChI=1S/C21H23N3O/c1-15-13-16(2)22-17(14-15)10-11-19-18-7-3-4-8-20(18)24(23-19)21-9-5-6-12-25-21/h3-4,7-8,10-11,13-14,21H,5-6,9,12H2,1-2H3. The number of nitrogens with zero attached hydrogens (tertiary/aromatic N) is 3. The van der Waals surface area contributed by atoms with Crippen molar-refractivity contribution in [3.05, 3.63) is 59.0 Å². The van der Waals surface area contributed by atoms with Crippen LogP contribution in [0.15, 0.2) is 36.4 Å². The average Bonchev–Trinajstić information content (AvgIpc) is 2.99. The number of para-hydroxylation sites is 1. The van der Waals surface area contributed by atoms with E-state index in [1.807, 2.05) is 17.7 Å². The van der Waals surface area contributed by atoms with Crippen molar-refractivity contribution in [1.29, 1.82) is 0 Å². The Hall–Kier alpha value is -2.46. The molecule has 25 heavy (non-hydrogen) atoms. The van der Waals surface area contributed by atoms with Gasteiger partial charge in [-0.1, -0.05) is 18.2 Å². The van der Waals surface area contributed by atoms with Gasteiger partial charge in [0.2, 0.25) is 0 Å². The van der Waals surface area contributed by atoms with Gasteiger partial charge in [0.1, 0.15) is 0 Å². The van der Waals surface area contributed by atoms with Crippen LogP contribution in [0.4, 0.5) is 0 Å². The molecule has 0 N–H and O–H groups in total. The van der Waals surface area contributed by atoms with Crippen molar-refractivity contribution < 1.29 is 4.74 Å². The van der Waals surface area contributed by atoms with Crippen molar-refractivity contribution >= 4 is 23.1 Å². The van der Waals surface area contributed by atoms with Crippen LogP contribution in [-0.2, 0) is 4.74 Å². The Morgan fingerprint density at radius 1 is 1.12 bits per heavy atom. The number of pyridine rings is 1. The zero-order valence-electron chi connectivity index (χ0n) is 14.8. The summed E-state index contributed by atoms with van der Waals surface area (Å²) in [6, 6.07) is 12.5. The molecule has 3 aromatic rings. The predicted octanol–water partition coefficient (Wildman–Crippen LogP) is 4.92. The third-order valence-electron chi connectivity index (χ3n) is 4.60. The first-order valence-electron chi connectivity index (χ1n) is 8.93. The maximum absolute atomic E-state index is 5.94. The molecule has 3 heterocycles. The summed E-state index contributed by atoms with van der Waals surface area (Å²) in [5.74, 6) is 0. The topological polar surface area (TPSA) is 39.9 Å². The largest absolute Gasteiger partial charge is 0.356 e. The van der Waals surface area contributed by atoms with E-state index in [9.17, 15) is 0 Å². The maximum Gasteiger partial charge on any atom is 0.150 e. The van der Waals surface area contributed by atoms with E-state index in [2.05, 4.69) is 54.4 Å². The van der Waals surface area contributed by atoms with Gasteiger partial charge < -0.3 is 4.74 Å². The molecule has 4 rings (SSSR count). The number of hydrogen-bond acceptors (Lipinski definition) is 3. The second-order valence-electron chi connectivity index (χ2n) is 6.71. The Kier molecular flexibility index (Phi) is 4.36. The highest BCUT2D eigenvalue weighted by Crippen LogP contribution is 2.28. The van der Waals surface area contributed by atoms with E-state index in [4.69, 9.17) is 9.84 Å². The first-order chi connectivity index (χ1) is 12.2. The molecule has 1 aromatic carbocycles. The van der Waals surface area contributed by atoms with E-state index in [-0.39, 0.29) is 6.23 Å². The summed E-state index contributed by atoms with van der Waals surface area (Å²) in [6.07, 6.45) is 7.49. The highest BCUT2D eigenvalue weighted by atomic mass is 16.5. The van der Waals surface area contributed by atoms with Gasteiger partial charge in [-0.05, 0) is 69.0 Å². The van der Waals surface area contributed by atoms with E-state index >= 15 is 0 Å². The minimum absolute atomic E-state index is 0.0418. The molecule has 0 amide bonds. The highest BCUT2D eigenvalue weighted by Gasteiger charge is 2.19. The van der Waals surface area contributed by atoms with Crippen LogP contribution in [0.5, 0.6) is 0 Å². The summed E-state index contributed by atoms with van der Waals surface area (Å²) < 4.78 is 7.99. The molecule has 128 valence electrons. The molecular weight excluding hydrogens is 310 g/mol. The average molecular weight is 333 g/mol. The second kappa shape index (κ2) is 6.81. The maximum atomic E-state index is 5.94. The molecule has 1 unspecified atom stereocenters. The van der Waals surface area contributed by atoms with Crippen molar-refractivity contribution in [2.75, 3.05) is 6.61 Å². The Labute approximate surface area is 148 Å². The first kappa shape index (κ1) is 16.0. The molecule has 1 aliphatic heterocycles. The van der Waals surface area contributed by atoms with E-state index in [0.29, 0.717) is 0 Å². The lowest BCUT2D eigenvalue weighted by Crippen LogP contribution is -2.19. The zero-order valence-corrected chi connectivity index (χ0v) is 14.8. The number of fused-ring (bicyclic) bond motifs is 1. The van der Waals surface area contributed by atoms with Crippen LogP contribution in [0.3, 0.4) is 0 Å². The fraction of sp³-hybridized carbons (Fsp3) is 0.333. The zero-order chi connectivity index (χ0) is 17.2. The van der Waals surface area contributed by atoms with Crippen LogP contribution >= 0.6 is 0 Å². The van der Waals surface area contributed by atoms with E-state index in [1.165, 1.54) is 12.0 Å². The van der Waals surface area contributed by atoms with Crippen LogP contribution in [-0.4, -0.2) is 21.4 Å². The van der Waals surface area contributed by atoms with E-state index in [1.54, 1.807) is 0 Å². The Bertz CT molecular complexity index is 900. The number of benzene rings is 1. The van der Waals surface area contributed by atoms with Crippen molar-refractivity contribution in [1.82, 2.24) is 14.8 Å². The number of rotatable bonds is 3. The van der Waals surface area contributed by atoms with Crippen LogP contribution in [0.1, 0.15) is 48.1 Å². The van der Waals surface area contributed by atoms with Gasteiger partial charge in [0.15, 0.2) is 6.23 Å². The molecule has 4 heteroatoms. The third kappa shape index (κ3) is 3.35. The van der Waals surface area contributed by atoms with Crippen LogP contribution < -0.4 is 0 Å². The van der Waals surface area contributed by atoms with Gasteiger partial charge in [0.05, 0.1) is 16.9 Å². The summed E-state index contributed by atoms with van der Waals surface area (Å²) in [7, 11) is 0. The van der Waals surface area contributed by atoms with Gasteiger partial charge in [-0.15, -0.1) is 0 Å². The minimum atomic E-state index is 0.0418. The smallest absolute Gasteiger partial charge is 0.150 e. The summed E-state index contributed by atoms with van der Waals surface area (Å²) in [4.78, 5) is 4.58. The first-order valence-corrected chi connectivity index (χ1v) is 8.93. The van der Waals surface area contributed by atoms with E-state index in [0.717, 1.165) is 47.4 Å². The quantitative estimate of drug-likeness (QED) is 0.683. The van der Waals surface area contributed by atoms with Gasteiger partial charge in [0, 0.05) is 17.7 Å². The van der Waals surface area contributed by atoms with Crippen molar-refractivity contribution in [3.63, 3.8) is 0 Å². The SMILES string of the molecule is Cc1cc(C)nc(C=Cc2nn(C3CCCCO3)c3ccccc23)c1. The summed E-state index contributed by atoms with van der Waals surface area (Å²) in [5, 5.41) is 6.00. The fourth-order valence-corrected chi connectivity index (χ4v) is 3.50. The molecule has 1 atom stereocenters. The van der Waals surface area contributed by atoms with Gasteiger partial charge in [-0.2, -0.15) is 5.10 Å². The molecule has 1 saturated heterocycles. The normalized spacial score (nSPS) is 18.2. The molecular formula is C21H23N3O. The molecule has 0 radical (unpaired) electrons. The number of aryl methyl sites for hydroxylation is 2. The lowest BCUT2D eigenvalue weighted by molar-refractivity contribution is -0.0367. The van der Waals surface area contributed by atoms with E-state index < -0.39 is 0 Å². The Morgan fingerprint density at radius 2 is 2.00 bits per heavy atom. The molecule has 2 aromatic heterocycles. The van der Waals surface area contributed by atoms with Crippen molar-refractivity contribution in [3.8, 4) is 0 Å². The number of aromatic nitrogens is 3. The van der Waals surface area contributed by atoms with Gasteiger partial charge >= 0.3 is 0 Å². The minimum Gasteiger partial charge on any atom is -0.356 e. The third-order valence-corrected chi connectivity index (χ3v) is 4.60. The van der Waals surface area contributed by atoms with Gasteiger partial charge in [0.25, 0.3) is 0 Å². The Balaban J connectivity index is 1.73. The molecule has 0 spiro atoms. The highest BCUT2D eigenvalue weighted by molar-refractivity contribution is 5.89. The predicted molar refractivity (Wildman–Crippen MR) is 101 cm³/mol. The van der Waals surface area contributed by atoms with Crippen molar-refractivity contribution in [2.45, 2.75) is 39.3 Å². The molecule has 4 nitrogen and oxygen atoms in total. The summed E-state index contributed by atoms with van der Waals surface area (Å²) >= 11 is 0. The van der Waals surface area contributed by atoms with Crippen LogP contribution in [0.25, 0.3) is 23.1 Å². The summed E-state index contributed by atoms with van der Waals surface area (Å²) in [6.45, 7) is 4.93. The van der Waals surface area contributed by atoms with Crippen LogP contribution in [0, 0.1) is 13.8 Å². The monoisotopic (exact) mass is 333 g/mol. The lowest BCUT2D eigenvalue weighted by atomic mass is 10.1. The number of hydrogen-bond donors (Lipinski definition) is 0. The number of ether oxygens (including phenoxy) is 1. The molecule has 0 bridgehead atoms. The fourth-order valence-electron chi connectivity index (χ4n) is 3.50. The molecule has 0 aliphatic carbocycles. The molecule has 1 fully saturated rings. The van der Waals surface area contributed by atoms with Crippen LogP contribution in [0.2, 0.25) is 0 Å². The second-order valence-corrected chi connectivity index (χ2v) is 6.71. The molecule has 1 aliphatic rings. The van der Waals surface area contributed by atoms with Crippen molar-refractivity contribution in [2.24, 2.45) is 0 Å². The van der Waals surface area contributed by atoms with Gasteiger partial charge in [-0.25, -0.2) is 4.68 Å². The Morgan fingerprint density at radius 3 is 2.80 bits per heavy atom. The lowest BCUT2D eigenvalue weighted by Gasteiger charge is -2.23. The summed E-state index contributed by atoms with van der Waals surface area (Å²) in [5.41, 5.74) is 5.31. The van der Waals surface area contributed by atoms with Gasteiger partial charge in [-0.3, -0.25) is 4.98 Å². The molecule has 0 saturated carbocycles.